The molecule has 1 amide bonds. The van der Waals surface area contributed by atoms with Crippen molar-refractivity contribution in [1.82, 2.24) is 0 Å². The Balaban J connectivity index is 3.24. The molecule has 0 aliphatic carbocycles. The maximum absolute atomic E-state index is 11.2. The van der Waals surface area contributed by atoms with Gasteiger partial charge in [-0.25, -0.2) is 4.79 Å². The van der Waals surface area contributed by atoms with Gasteiger partial charge in [0.2, 0.25) is 5.91 Å². The van der Waals surface area contributed by atoms with Crippen LogP contribution in [-0.2, 0) is 4.79 Å². The minimum atomic E-state index is -1.20. The SMILES string of the molecule is CCC(=O)Nc1c(Cl)cc(Cl)cc1C(=O)O. The fourth-order valence-electron chi connectivity index (χ4n) is 1.10. The van der Waals surface area contributed by atoms with Gasteiger partial charge in [-0.15, -0.1) is 0 Å². The summed E-state index contributed by atoms with van der Waals surface area (Å²) in [6, 6.07) is 2.61. The number of carbonyl (C=O) groups is 2. The van der Waals surface area contributed by atoms with E-state index >= 15 is 0 Å². The van der Waals surface area contributed by atoms with Crippen LogP contribution in [0.2, 0.25) is 10.0 Å². The van der Waals surface area contributed by atoms with Crippen molar-refractivity contribution in [2.75, 3.05) is 5.32 Å². The molecule has 2 N–H and O–H groups in total. The summed E-state index contributed by atoms with van der Waals surface area (Å²) in [6.45, 7) is 1.65. The average Bonchev–Trinajstić information content (AvgIpc) is 2.20. The minimum Gasteiger partial charge on any atom is -0.478 e. The van der Waals surface area contributed by atoms with Gasteiger partial charge in [-0.3, -0.25) is 4.79 Å². The Hall–Kier alpha value is -1.26. The van der Waals surface area contributed by atoms with Crippen LogP contribution >= 0.6 is 23.2 Å². The Morgan fingerprint density at radius 1 is 1.38 bits per heavy atom. The molecule has 0 aliphatic rings. The van der Waals surface area contributed by atoms with E-state index in [1.807, 2.05) is 0 Å². The van der Waals surface area contributed by atoms with E-state index in [0.717, 1.165) is 0 Å². The Labute approximate surface area is 102 Å². The topological polar surface area (TPSA) is 66.4 Å². The molecule has 1 aromatic rings. The van der Waals surface area contributed by atoms with Crippen LogP contribution in [0.4, 0.5) is 5.69 Å². The molecule has 0 unspecified atom stereocenters. The van der Waals surface area contributed by atoms with Gasteiger partial charge in [0.05, 0.1) is 16.3 Å². The molecule has 0 bridgehead atoms. The molecular weight excluding hydrogens is 253 g/mol. The lowest BCUT2D eigenvalue weighted by atomic mass is 10.1. The molecule has 1 rings (SSSR count). The maximum Gasteiger partial charge on any atom is 0.337 e. The number of rotatable bonds is 3. The number of carboxylic acid groups (broad SMARTS) is 1. The predicted octanol–water partition coefficient (Wildman–Crippen LogP) is 3.04. The van der Waals surface area contributed by atoms with Gasteiger partial charge in [0, 0.05) is 11.4 Å². The number of halogens is 2. The summed E-state index contributed by atoms with van der Waals surface area (Å²) in [5.41, 5.74) is -0.0512. The van der Waals surface area contributed by atoms with Crippen LogP contribution in [0.3, 0.4) is 0 Å². The first-order chi connectivity index (χ1) is 7.45. The van der Waals surface area contributed by atoms with Gasteiger partial charge in [0.15, 0.2) is 0 Å². The van der Waals surface area contributed by atoms with E-state index in [1.165, 1.54) is 12.1 Å². The summed E-state index contributed by atoms with van der Waals surface area (Å²) in [5, 5.41) is 11.7. The maximum atomic E-state index is 11.2. The summed E-state index contributed by atoms with van der Waals surface area (Å²) >= 11 is 11.5. The van der Waals surface area contributed by atoms with Crippen LogP contribution in [0.15, 0.2) is 12.1 Å². The molecule has 0 saturated carbocycles. The highest BCUT2D eigenvalue weighted by atomic mass is 35.5. The van der Waals surface area contributed by atoms with Crippen LogP contribution in [0.5, 0.6) is 0 Å². The number of carbonyl (C=O) groups excluding carboxylic acids is 1. The van der Waals surface area contributed by atoms with E-state index in [0.29, 0.717) is 0 Å². The second-order valence-corrected chi connectivity index (χ2v) is 3.86. The van der Waals surface area contributed by atoms with Crippen molar-refractivity contribution in [3.63, 3.8) is 0 Å². The third-order valence-electron chi connectivity index (χ3n) is 1.87. The third kappa shape index (κ3) is 2.87. The van der Waals surface area contributed by atoms with Gasteiger partial charge in [0.1, 0.15) is 0 Å². The van der Waals surface area contributed by atoms with Gasteiger partial charge >= 0.3 is 5.97 Å². The van der Waals surface area contributed by atoms with Crippen molar-refractivity contribution in [3.05, 3.63) is 27.7 Å². The monoisotopic (exact) mass is 261 g/mol. The van der Waals surface area contributed by atoms with Crippen molar-refractivity contribution in [1.29, 1.82) is 0 Å². The van der Waals surface area contributed by atoms with E-state index in [2.05, 4.69) is 5.32 Å². The van der Waals surface area contributed by atoms with Crippen LogP contribution in [0.1, 0.15) is 23.7 Å². The van der Waals surface area contributed by atoms with Gasteiger partial charge < -0.3 is 10.4 Å². The van der Waals surface area contributed by atoms with Crippen molar-refractivity contribution in [3.8, 4) is 0 Å². The Bertz CT molecular complexity index is 446. The smallest absolute Gasteiger partial charge is 0.337 e. The van der Waals surface area contributed by atoms with E-state index in [-0.39, 0.29) is 33.6 Å². The molecule has 0 heterocycles. The van der Waals surface area contributed by atoms with Crippen molar-refractivity contribution in [2.45, 2.75) is 13.3 Å². The molecule has 0 fully saturated rings. The normalized spacial score (nSPS) is 9.94. The van der Waals surface area contributed by atoms with Crippen LogP contribution in [-0.4, -0.2) is 17.0 Å². The summed E-state index contributed by atoms with van der Waals surface area (Å²) in [6.07, 6.45) is 0.234. The molecule has 0 aliphatic heterocycles. The lowest BCUT2D eigenvalue weighted by Gasteiger charge is -2.10. The zero-order valence-electron chi connectivity index (χ0n) is 8.38. The zero-order valence-corrected chi connectivity index (χ0v) is 9.89. The number of anilines is 1. The lowest BCUT2D eigenvalue weighted by Crippen LogP contribution is -2.13. The number of hydrogen-bond donors (Lipinski definition) is 2. The third-order valence-corrected chi connectivity index (χ3v) is 2.39. The molecule has 1 aromatic carbocycles. The number of aromatic carboxylic acids is 1. The van der Waals surface area contributed by atoms with Gasteiger partial charge in [-0.05, 0) is 12.1 Å². The van der Waals surface area contributed by atoms with E-state index in [4.69, 9.17) is 28.3 Å². The van der Waals surface area contributed by atoms with Crippen LogP contribution in [0.25, 0.3) is 0 Å². The van der Waals surface area contributed by atoms with E-state index in [1.54, 1.807) is 6.92 Å². The average molecular weight is 262 g/mol. The van der Waals surface area contributed by atoms with Crippen molar-refractivity contribution < 1.29 is 14.7 Å². The second kappa shape index (κ2) is 5.18. The highest BCUT2D eigenvalue weighted by Gasteiger charge is 2.16. The van der Waals surface area contributed by atoms with Crippen molar-refractivity contribution in [2.24, 2.45) is 0 Å². The Morgan fingerprint density at radius 2 is 2.00 bits per heavy atom. The standard InChI is InChI=1S/C10H9Cl2NO3/c1-2-8(14)13-9-6(10(15)16)3-5(11)4-7(9)12/h3-4H,2H2,1H3,(H,13,14)(H,15,16). The molecule has 86 valence electrons. The fraction of sp³-hybridized carbons (Fsp3) is 0.200. The molecule has 0 atom stereocenters. The van der Waals surface area contributed by atoms with Gasteiger partial charge in [-0.1, -0.05) is 30.1 Å². The summed E-state index contributed by atoms with van der Waals surface area (Å²) in [7, 11) is 0. The highest BCUT2D eigenvalue weighted by molar-refractivity contribution is 6.37. The number of benzene rings is 1. The summed E-state index contributed by atoms with van der Waals surface area (Å²) in [4.78, 5) is 22.1. The minimum absolute atomic E-state index is 0.0745. The Morgan fingerprint density at radius 3 is 2.50 bits per heavy atom. The predicted molar refractivity (Wildman–Crippen MR) is 62.3 cm³/mol. The quantitative estimate of drug-likeness (QED) is 0.879. The summed E-state index contributed by atoms with van der Waals surface area (Å²) in [5.74, 6) is -1.51. The number of carboxylic acids is 1. The van der Waals surface area contributed by atoms with Gasteiger partial charge in [0.25, 0.3) is 0 Å². The fourth-order valence-corrected chi connectivity index (χ4v) is 1.64. The molecule has 16 heavy (non-hydrogen) atoms. The number of nitrogens with one attached hydrogen (secondary N) is 1. The molecule has 0 aromatic heterocycles. The Kier molecular flexibility index (Phi) is 4.15. The molecular formula is C10H9Cl2NO3. The molecule has 0 spiro atoms. The van der Waals surface area contributed by atoms with Crippen molar-refractivity contribution >= 4 is 40.8 Å². The lowest BCUT2D eigenvalue weighted by molar-refractivity contribution is -0.115. The first-order valence-corrected chi connectivity index (χ1v) is 5.23. The second-order valence-electron chi connectivity index (χ2n) is 3.02. The number of hydrogen-bond acceptors (Lipinski definition) is 2. The van der Waals surface area contributed by atoms with E-state index in [9.17, 15) is 9.59 Å². The first-order valence-electron chi connectivity index (χ1n) is 4.48. The molecule has 0 radical (unpaired) electrons. The highest BCUT2D eigenvalue weighted by Crippen LogP contribution is 2.30. The zero-order chi connectivity index (χ0) is 12.3. The molecule has 0 saturated heterocycles. The summed E-state index contributed by atoms with van der Waals surface area (Å²) < 4.78 is 0. The first kappa shape index (κ1) is 12.8. The largest absolute Gasteiger partial charge is 0.478 e. The number of amides is 1. The molecule has 4 nitrogen and oxygen atoms in total. The molecule has 6 heteroatoms. The van der Waals surface area contributed by atoms with E-state index < -0.39 is 5.97 Å². The van der Waals surface area contributed by atoms with Crippen LogP contribution in [0, 0.1) is 0 Å². The van der Waals surface area contributed by atoms with Gasteiger partial charge in [-0.2, -0.15) is 0 Å². The van der Waals surface area contributed by atoms with Crippen LogP contribution < -0.4 is 5.32 Å².